The molecule has 0 aromatic heterocycles. The molecule has 1 aliphatic heterocycles. The normalized spacial score (nSPS) is 16.6. The van der Waals surface area contributed by atoms with E-state index in [0.29, 0.717) is 4.31 Å². The number of rotatable bonds is 4. The molecule has 144 valence electrons. The van der Waals surface area contributed by atoms with Crippen molar-refractivity contribution in [2.45, 2.75) is 25.2 Å². The number of halogens is 1. The number of anilines is 2. The molecule has 1 amide bonds. The van der Waals surface area contributed by atoms with E-state index in [4.69, 9.17) is 0 Å². The number of nitrogens with one attached hydrogen (secondary N) is 1. The van der Waals surface area contributed by atoms with Crippen LogP contribution in [0.5, 0.6) is 0 Å². The third-order valence-corrected chi connectivity index (χ3v) is 7.48. The fourth-order valence-electron chi connectivity index (χ4n) is 3.10. The fourth-order valence-corrected chi connectivity index (χ4v) is 6.04. The van der Waals surface area contributed by atoms with Gasteiger partial charge in [-0.1, -0.05) is 6.07 Å². The number of hydrogen-bond donors (Lipinski definition) is 1. The Hall–Kier alpha value is -2.46. The van der Waals surface area contributed by atoms with Gasteiger partial charge in [0.15, 0.2) is 0 Å². The Morgan fingerprint density at radius 3 is 2.26 bits per heavy atom. The summed E-state index contributed by atoms with van der Waals surface area (Å²) in [4.78, 5) is 11.9. The lowest BCUT2D eigenvalue weighted by molar-refractivity contribution is -0.116. The minimum atomic E-state index is -4.04. The van der Waals surface area contributed by atoms with E-state index >= 15 is 0 Å². The highest BCUT2D eigenvalue weighted by atomic mass is 32.2. The summed E-state index contributed by atoms with van der Waals surface area (Å²) in [5.41, 5.74) is 0.708. The maximum Gasteiger partial charge on any atom is 0.262 e. The van der Waals surface area contributed by atoms with Gasteiger partial charge in [-0.15, -0.1) is 0 Å². The Balaban J connectivity index is 2.04. The van der Waals surface area contributed by atoms with Crippen molar-refractivity contribution >= 4 is 37.3 Å². The zero-order valence-electron chi connectivity index (χ0n) is 14.6. The van der Waals surface area contributed by atoms with Crippen LogP contribution in [0.25, 0.3) is 0 Å². The molecular formula is C17H17FN2O5S2. The second-order valence-corrected chi connectivity index (χ2v) is 9.81. The van der Waals surface area contributed by atoms with Gasteiger partial charge in [-0.25, -0.2) is 25.5 Å². The number of carbonyl (C=O) groups is 1. The van der Waals surface area contributed by atoms with Crippen LogP contribution in [0.4, 0.5) is 15.8 Å². The summed E-state index contributed by atoms with van der Waals surface area (Å²) < 4.78 is 66.0. The van der Waals surface area contributed by atoms with E-state index in [9.17, 15) is 26.0 Å². The molecule has 0 unspecified atom stereocenters. The monoisotopic (exact) mass is 412 g/mol. The highest BCUT2D eigenvalue weighted by molar-refractivity contribution is 7.94. The van der Waals surface area contributed by atoms with Crippen LogP contribution in [0.3, 0.4) is 0 Å². The molecule has 1 fully saturated rings. The lowest BCUT2D eigenvalue weighted by Crippen LogP contribution is -2.29. The van der Waals surface area contributed by atoms with Crippen LogP contribution in [-0.2, 0) is 24.8 Å². The van der Waals surface area contributed by atoms with Gasteiger partial charge < -0.3 is 0 Å². The van der Waals surface area contributed by atoms with Gasteiger partial charge >= 0.3 is 0 Å². The third-order valence-electron chi connectivity index (χ3n) is 4.10. The van der Waals surface area contributed by atoms with Crippen LogP contribution in [0.2, 0.25) is 0 Å². The van der Waals surface area contributed by atoms with Crippen molar-refractivity contribution in [2.24, 2.45) is 0 Å². The Morgan fingerprint density at radius 2 is 1.74 bits per heavy atom. The van der Waals surface area contributed by atoms with E-state index in [0.717, 1.165) is 6.07 Å². The van der Waals surface area contributed by atoms with Crippen molar-refractivity contribution in [3.05, 3.63) is 53.3 Å². The van der Waals surface area contributed by atoms with Crippen molar-refractivity contribution in [1.82, 2.24) is 0 Å². The third kappa shape index (κ3) is 3.67. The Bertz CT molecular complexity index is 1120. The van der Waals surface area contributed by atoms with Gasteiger partial charge in [-0.05, 0) is 55.3 Å². The van der Waals surface area contributed by atoms with Crippen molar-refractivity contribution in [2.75, 3.05) is 14.8 Å². The average molecular weight is 412 g/mol. The van der Waals surface area contributed by atoms with Crippen LogP contribution in [0.15, 0.2) is 41.3 Å². The molecule has 1 heterocycles. The van der Waals surface area contributed by atoms with Crippen LogP contribution in [0.1, 0.15) is 17.5 Å². The Kier molecular flexibility index (Phi) is 4.73. The van der Waals surface area contributed by atoms with Gasteiger partial charge in [0.2, 0.25) is 15.9 Å². The first kappa shape index (κ1) is 19.3. The molecule has 10 heteroatoms. The molecule has 1 aliphatic rings. The first-order valence-electron chi connectivity index (χ1n) is 7.97. The van der Waals surface area contributed by atoms with Crippen molar-refractivity contribution < 1.29 is 26.0 Å². The maximum atomic E-state index is 13.3. The molecule has 0 aliphatic carbocycles. The van der Waals surface area contributed by atoms with E-state index in [2.05, 4.69) is 4.72 Å². The standard InChI is InChI=1S/C17H17FN2O5S2/c1-11-8-15(20-16(21)6-7-26(20,22)23)9-12(2)17(11)27(24,25)19-14-5-3-4-13(18)10-14/h3-5,8-10,19H,6-7H2,1-2H3. The lowest BCUT2D eigenvalue weighted by Gasteiger charge is -2.19. The Labute approximate surface area is 156 Å². The van der Waals surface area contributed by atoms with E-state index in [1.165, 1.54) is 44.2 Å². The molecule has 1 saturated heterocycles. The average Bonchev–Trinajstić information content (AvgIpc) is 2.78. The summed E-state index contributed by atoms with van der Waals surface area (Å²) in [5.74, 6) is -1.41. The molecule has 0 bridgehead atoms. The molecule has 27 heavy (non-hydrogen) atoms. The zero-order chi connectivity index (χ0) is 20.0. The molecule has 3 rings (SSSR count). The molecule has 0 spiro atoms. The quantitative estimate of drug-likeness (QED) is 0.831. The topological polar surface area (TPSA) is 101 Å². The van der Waals surface area contributed by atoms with E-state index in [1.54, 1.807) is 0 Å². The number of amides is 1. The maximum absolute atomic E-state index is 13.3. The van der Waals surface area contributed by atoms with Crippen molar-refractivity contribution in [3.8, 4) is 0 Å². The molecular weight excluding hydrogens is 395 g/mol. The van der Waals surface area contributed by atoms with Gasteiger partial charge in [-0.3, -0.25) is 9.52 Å². The summed E-state index contributed by atoms with van der Waals surface area (Å²) in [6, 6.07) is 7.71. The molecule has 1 N–H and O–H groups in total. The smallest absolute Gasteiger partial charge is 0.262 e. The van der Waals surface area contributed by atoms with Crippen LogP contribution < -0.4 is 9.03 Å². The van der Waals surface area contributed by atoms with Gasteiger partial charge in [0.1, 0.15) is 5.82 Å². The van der Waals surface area contributed by atoms with Crippen LogP contribution in [-0.4, -0.2) is 28.5 Å². The zero-order valence-corrected chi connectivity index (χ0v) is 16.2. The summed E-state index contributed by atoms with van der Waals surface area (Å²) in [5, 5.41) is 0. The number of benzene rings is 2. The van der Waals surface area contributed by atoms with Gasteiger partial charge in [0.05, 0.1) is 22.0 Å². The number of sulfonamides is 2. The van der Waals surface area contributed by atoms with Gasteiger partial charge in [0, 0.05) is 6.42 Å². The first-order chi connectivity index (χ1) is 12.5. The molecule has 2 aromatic rings. The first-order valence-corrected chi connectivity index (χ1v) is 11.1. The SMILES string of the molecule is Cc1cc(N2C(=O)CCS2(=O)=O)cc(C)c1S(=O)(=O)Nc1cccc(F)c1. The van der Waals surface area contributed by atoms with Crippen molar-refractivity contribution in [1.29, 1.82) is 0 Å². The summed E-state index contributed by atoms with van der Waals surface area (Å²) in [7, 11) is -7.79. The highest BCUT2D eigenvalue weighted by Gasteiger charge is 2.37. The van der Waals surface area contributed by atoms with E-state index in [-0.39, 0.29) is 39.6 Å². The van der Waals surface area contributed by atoms with Gasteiger partial charge in [0.25, 0.3) is 10.0 Å². The summed E-state index contributed by atoms with van der Waals surface area (Å²) in [6.07, 6.45) is -0.110. The second kappa shape index (κ2) is 6.61. The van der Waals surface area contributed by atoms with E-state index in [1.807, 2.05) is 0 Å². The second-order valence-electron chi connectivity index (χ2n) is 6.25. The minimum Gasteiger partial charge on any atom is -0.280 e. The van der Waals surface area contributed by atoms with E-state index < -0.39 is 31.8 Å². The summed E-state index contributed by atoms with van der Waals surface area (Å²) >= 11 is 0. The highest BCUT2D eigenvalue weighted by Crippen LogP contribution is 2.32. The van der Waals surface area contributed by atoms with Crippen LogP contribution in [0, 0.1) is 19.7 Å². The van der Waals surface area contributed by atoms with Crippen LogP contribution >= 0.6 is 0 Å². The van der Waals surface area contributed by atoms with Gasteiger partial charge in [-0.2, -0.15) is 0 Å². The molecule has 0 atom stereocenters. The lowest BCUT2D eigenvalue weighted by atomic mass is 10.1. The summed E-state index contributed by atoms with van der Waals surface area (Å²) in [6.45, 7) is 3.01. The predicted molar refractivity (Wildman–Crippen MR) is 99.0 cm³/mol. The molecule has 2 aromatic carbocycles. The largest absolute Gasteiger partial charge is 0.280 e. The number of nitrogens with zero attached hydrogens (tertiary/aromatic N) is 1. The van der Waals surface area contributed by atoms with Crippen molar-refractivity contribution in [3.63, 3.8) is 0 Å². The minimum absolute atomic E-state index is 0.0560. The number of carbonyl (C=O) groups excluding carboxylic acids is 1. The fraction of sp³-hybridized carbons (Fsp3) is 0.235. The number of aryl methyl sites for hydroxylation is 2. The molecule has 7 nitrogen and oxygen atoms in total. The predicted octanol–water partition coefficient (Wildman–Crippen LogP) is 2.31. The molecule has 0 radical (unpaired) electrons. The molecule has 0 saturated carbocycles. The number of hydrogen-bond acceptors (Lipinski definition) is 5. The Morgan fingerprint density at radius 1 is 1.11 bits per heavy atom.